The molecular formula is C18H28BClN2O3. The fourth-order valence-electron chi connectivity index (χ4n) is 3.05. The molecule has 5 nitrogen and oxygen atoms in total. The number of carbonyl (C=O) groups is 1. The zero-order valence-corrected chi connectivity index (χ0v) is 16.5. The highest BCUT2D eigenvalue weighted by atomic mass is 35.5. The lowest BCUT2D eigenvalue weighted by Gasteiger charge is -2.32. The molecule has 25 heavy (non-hydrogen) atoms. The number of nitrogens with one attached hydrogen (secondary N) is 2. The van der Waals surface area contributed by atoms with Gasteiger partial charge in [0.25, 0.3) is 5.91 Å². The molecule has 1 unspecified atom stereocenters. The van der Waals surface area contributed by atoms with Gasteiger partial charge < -0.3 is 19.9 Å². The van der Waals surface area contributed by atoms with Gasteiger partial charge >= 0.3 is 7.12 Å². The van der Waals surface area contributed by atoms with Gasteiger partial charge in [-0.2, -0.15) is 0 Å². The van der Waals surface area contributed by atoms with Crippen molar-refractivity contribution in [1.82, 2.24) is 10.6 Å². The van der Waals surface area contributed by atoms with Crippen molar-refractivity contribution in [3.8, 4) is 0 Å². The molecule has 0 saturated carbocycles. The molecule has 1 atom stereocenters. The third-order valence-corrected chi connectivity index (χ3v) is 5.44. The Bertz CT molecular complexity index is 629. The number of hydrogen-bond acceptors (Lipinski definition) is 4. The summed E-state index contributed by atoms with van der Waals surface area (Å²) in [4.78, 5) is 12.5. The number of amides is 1. The third-order valence-electron chi connectivity index (χ3n) is 5.44. The Kier molecular flexibility index (Phi) is 5.89. The van der Waals surface area contributed by atoms with Gasteiger partial charge in [0.2, 0.25) is 0 Å². The number of halogens is 1. The van der Waals surface area contributed by atoms with E-state index in [4.69, 9.17) is 9.31 Å². The standard InChI is InChI=1S/C18H27BN2O3.ClH/c1-12-6-7-13(16(22)21-14-8-9-20-11-14)10-15(12)19-23-17(2,3)18(4,5)24-19;/h6-7,10,14,20H,8-9,11H2,1-5H3,(H,21,22);1H. The van der Waals surface area contributed by atoms with Crippen molar-refractivity contribution >= 4 is 30.9 Å². The molecule has 0 radical (unpaired) electrons. The van der Waals surface area contributed by atoms with Crippen molar-refractivity contribution < 1.29 is 14.1 Å². The third kappa shape index (κ3) is 4.03. The predicted molar refractivity (Wildman–Crippen MR) is 103 cm³/mol. The van der Waals surface area contributed by atoms with Crippen LogP contribution in [0.1, 0.15) is 50.0 Å². The van der Waals surface area contributed by atoms with Crippen molar-refractivity contribution in [1.29, 1.82) is 0 Å². The number of aryl methyl sites for hydroxylation is 1. The van der Waals surface area contributed by atoms with Crippen LogP contribution in [0.5, 0.6) is 0 Å². The fraction of sp³-hybridized carbons (Fsp3) is 0.611. The van der Waals surface area contributed by atoms with Gasteiger partial charge in [0.15, 0.2) is 0 Å². The van der Waals surface area contributed by atoms with E-state index in [1.54, 1.807) is 0 Å². The van der Waals surface area contributed by atoms with Crippen LogP contribution in [0.2, 0.25) is 0 Å². The summed E-state index contributed by atoms with van der Waals surface area (Å²) in [7, 11) is -0.448. The van der Waals surface area contributed by atoms with Crippen molar-refractivity contribution in [3.63, 3.8) is 0 Å². The molecule has 2 aliphatic rings. The van der Waals surface area contributed by atoms with Crippen molar-refractivity contribution in [2.45, 2.75) is 58.3 Å². The van der Waals surface area contributed by atoms with Gasteiger partial charge in [-0.25, -0.2) is 0 Å². The highest BCUT2D eigenvalue weighted by Crippen LogP contribution is 2.36. The maximum atomic E-state index is 12.5. The molecule has 2 saturated heterocycles. The summed E-state index contributed by atoms with van der Waals surface area (Å²) < 4.78 is 12.3. The van der Waals surface area contributed by atoms with Crippen LogP contribution in [0, 0.1) is 6.92 Å². The smallest absolute Gasteiger partial charge is 0.399 e. The van der Waals surface area contributed by atoms with E-state index in [9.17, 15) is 4.79 Å². The number of hydrogen-bond donors (Lipinski definition) is 2. The van der Waals surface area contributed by atoms with E-state index in [0.29, 0.717) is 5.56 Å². The van der Waals surface area contributed by atoms with Gasteiger partial charge in [0.1, 0.15) is 0 Å². The Morgan fingerprint density at radius 1 is 1.24 bits per heavy atom. The summed E-state index contributed by atoms with van der Waals surface area (Å²) in [6.45, 7) is 11.9. The molecule has 0 aliphatic carbocycles. The lowest BCUT2D eigenvalue weighted by molar-refractivity contribution is 0.00578. The highest BCUT2D eigenvalue weighted by Gasteiger charge is 2.52. The average molecular weight is 367 g/mol. The Hall–Kier alpha value is -1.08. The van der Waals surface area contributed by atoms with E-state index in [2.05, 4.69) is 10.6 Å². The molecule has 1 aromatic carbocycles. The van der Waals surface area contributed by atoms with E-state index in [0.717, 1.165) is 30.5 Å². The van der Waals surface area contributed by atoms with E-state index in [-0.39, 0.29) is 24.4 Å². The molecule has 2 fully saturated rings. The van der Waals surface area contributed by atoms with E-state index in [1.165, 1.54) is 0 Å². The van der Waals surface area contributed by atoms with Crippen LogP contribution in [0.15, 0.2) is 18.2 Å². The van der Waals surface area contributed by atoms with Crippen LogP contribution in [0.4, 0.5) is 0 Å². The second-order valence-electron chi connectivity index (χ2n) is 7.82. The molecule has 2 heterocycles. The molecule has 0 spiro atoms. The zero-order valence-electron chi connectivity index (χ0n) is 15.6. The van der Waals surface area contributed by atoms with E-state index in [1.807, 2.05) is 52.8 Å². The topological polar surface area (TPSA) is 59.6 Å². The fourth-order valence-corrected chi connectivity index (χ4v) is 3.05. The SMILES string of the molecule is Cc1ccc(C(=O)NC2CCNC2)cc1B1OC(C)(C)C(C)(C)O1.Cl. The number of carbonyl (C=O) groups excluding carboxylic acids is 1. The van der Waals surface area contributed by atoms with Gasteiger partial charge in [-0.15, -0.1) is 12.4 Å². The Morgan fingerprint density at radius 2 is 1.88 bits per heavy atom. The average Bonchev–Trinajstić information content (AvgIpc) is 3.05. The summed E-state index contributed by atoms with van der Waals surface area (Å²) in [5.41, 5.74) is 1.85. The summed E-state index contributed by atoms with van der Waals surface area (Å²) in [5.74, 6) is -0.0403. The second-order valence-corrected chi connectivity index (χ2v) is 7.82. The first-order valence-electron chi connectivity index (χ1n) is 8.67. The van der Waals surface area contributed by atoms with Gasteiger partial charge in [0, 0.05) is 18.2 Å². The highest BCUT2D eigenvalue weighted by molar-refractivity contribution is 6.62. The zero-order chi connectivity index (χ0) is 17.5. The van der Waals surface area contributed by atoms with Crippen LogP contribution < -0.4 is 16.1 Å². The van der Waals surface area contributed by atoms with Crippen LogP contribution in [0.3, 0.4) is 0 Å². The molecule has 3 rings (SSSR count). The van der Waals surface area contributed by atoms with Gasteiger partial charge in [-0.05, 0) is 65.2 Å². The predicted octanol–water partition coefficient (Wildman–Crippen LogP) is 1.81. The second kappa shape index (κ2) is 7.27. The van der Waals surface area contributed by atoms with Gasteiger partial charge in [0.05, 0.1) is 11.2 Å². The number of benzene rings is 1. The Labute approximate surface area is 156 Å². The lowest BCUT2D eigenvalue weighted by atomic mass is 9.75. The Balaban J connectivity index is 0.00000225. The quantitative estimate of drug-likeness (QED) is 0.801. The minimum Gasteiger partial charge on any atom is -0.399 e. The van der Waals surface area contributed by atoms with Crippen molar-refractivity contribution in [2.75, 3.05) is 13.1 Å². The van der Waals surface area contributed by atoms with Crippen molar-refractivity contribution in [2.24, 2.45) is 0 Å². The minimum absolute atomic E-state index is 0. The lowest BCUT2D eigenvalue weighted by Crippen LogP contribution is -2.41. The molecule has 7 heteroatoms. The van der Waals surface area contributed by atoms with Gasteiger partial charge in [-0.1, -0.05) is 11.6 Å². The van der Waals surface area contributed by atoms with Crippen LogP contribution in [-0.2, 0) is 9.31 Å². The summed E-state index contributed by atoms with van der Waals surface area (Å²) >= 11 is 0. The maximum Gasteiger partial charge on any atom is 0.495 e. The largest absolute Gasteiger partial charge is 0.495 e. The molecule has 1 aromatic rings. The normalized spacial score (nSPS) is 24.0. The molecule has 0 aromatic heterocycles. The van der Waals surface area contributed by atoms with Crippen LogP contribution in [0.25, 0.3) is 0 Å². The van der Waals surface area contributed by atoms with Crippen LogP contribution >= 0.6 is 12.4 Å². The first-order valence-corrected chi connectivity index (χ1v) is 8.67. The summed E-state index contributed by atoms with van der Waals surface area (Å²) in [5, 5.41) is 6.34. The Morgan fingerprint density at radius 3 is 2.44 bits per heavy atom. The molecule has 2 aliphatic heterocycles. The summed E-state index contributed by atoms with van der Waals surface area (Å²) in [6.07, 6.45) is 0.974. The monoisotopic (exact) mass is 366 g/mol. The first-order chi connectivity index (χ1) is 11.2. The van der Waals surface area contributed by atoms with E-state index >= 15 is 0 Å². The first kappa shape index (κ1) is 20.2. The maximum absolute atomic E-state index is 12.5. The van der Waals surface area contributed by atoms with Crippen molar-refractivity contribution in [3.05, 3.63) is 29.3 Å². The molecule has 138 valence electrons. The molecule has 0 bridgehead atoms. The van der Waals surface area contributed by atoms with Crippen LogP contribution in [-0.4, -0.2) is 43.4 Å². The summed E-state index contributed by atoms with van der Waals surface area (Å²) in [6, 6.07) is 5.93. The van der Waals surface area contributed by atoms with Gasteiger partial charge in [-0.3, -0.25) is 4.79 Å². The number of rotatable bonds is 3. The minimum atomic E-state index is -0.448. The molecule has 1 amide bonds. The molecular weight excluding hydrogens is 338 g/mol. The molecule has 2 N–H and O–H groups in total. The van der Waals surface area contributed by atoms with E-state index < -0.39 is 18.3 Å².